The van der Waals surface area contributed by atoms with Gasteiger partial charge in [0.25, 0.3) is 0 Å². The van der Waals surface area contributed by atoms with Gasteiger partial charge in [0.05, 0.1) is 12.7 Å². The van der Waals surface area contributed by atoms with Gasteiger partial charge in [0, 0.05) is 33.4 Å². The zero-order valence-corrected chi connectivity index (χ0v) is 13.3. The quantitative estimate of drug-likeness (QED) is 0.406. The summed E-state index contributed by atoms with van der Waals surface area (Å²) in [6.45, 7) is 4.46. The molecule has 1 atom stereocenters. The van der Waals surface area contributed by atoms with Gasteiger partial charge in [-0.25, -0.2) is 0 Å². The lowest BCUT2D eigenvalue weighted by Crippen LogP contribution is -2.44. The zero-order valence-electron chi connectivity index (χ0n) is 13.3. The van der Waals surface area contributed by atoms with Crippen LogP contribution >= 0.6 is 0 Å². The third-order valence-electron chi connectivity index (χ3n) is 3.54. The largest absolute Gasteiger partial charge is 0.383 e. The van der Waals surface area contributed by atoms with Crippen LogP contribution in [0.2, 0.25) is 0 Å². The summed E-state index contributed by atoms with van der Waals surface area (Å²) in [6, 6.07) is 0.254. The van der Waals surface area contributed by atoms with Crippen molar-refractivity contribution in [2.45, 2.75) is 57.6 Å². The maximum absolute atomic E-state index is 5.90. The lowest BCUT2D eigenvalue weighted by molar-refractivity contribution is 0.0277. The number of hydrogen-bond acceptors (Lipinski definition) is 3. The number of nitrogens with one attached hydrogen (secondary N) is 2. The van der Waals surface area contributed by atoms with Crippen molar-refractivity contribution in [2.24, 2.45) is 4.99 Å². The number of methoxy groups -OCH3 is 1. The average Bonchev–Trinajstić information content (AvgIpc) is 2.47. The summed E-state index contributed by atoms with van der Waals surface area (Å²) < 4.78 is 11.0. The van der Waals surface area contributed by atoms with Crippen LogP contribution in [0.15, 0.2) is 4.99 Å². The van der Waals surface area contributed by atoms with Gasteiger partial charge in [0.15, 0.2) is 5.96 Å². The van der Waals surface area contributed by atoms with Crippen LogP contribution in [0, 0.1) is 0 Å². The molecular weight excluding hydrogens is 254 g/mol. The second-order valence-electron chi connectivity index (χ2n) is 5.48. The minimum Gasteiger partial charge on any atom is -0.383 e. The summed E-state index contributed by atoms with van der Waals surface area (Å²) in [5.41, 5.74) is 0. The summed E-state index contributed by atoms with van der Waals surface area (Å²) in [7, 11) is 3.49. The van der Waals surface area contributed by atoms with E-state index in [1.165, 1.54) is 32.1 Å². The molecule has 0 bridgehead atoms. The molecule has 1 aliphatic rings. The van der Waals surface area contributed by atoms with E-state index in [0.29, 0.717) is 12.7 Å². The molecule has 1 rings (SSSR count). The van der Waals surface area contributed by atoms with E-state index in [4.69, 9.17) is 9.47 Å². The van der Waals surface area contributed by atoms with Gasteiger partial charge in [-0.05, 0) is 26.2 Å². The fourth-order valence-electron chi connectivity index (χ4n) is 2.48. The third-order valence-corrected chi connectivity index (χ3v) is 3.54. The van der Waals surface area contributed by atoms with E-state index in [2.05, 4.69) is 22.5 Å². The van der Waals surface area contributed by atoms with Crippen molar-refractivity contribution in [3.05, 3.63) is 0 Å². The summed E-state index contributed by atoms with van der Waals surface area (Å²) in [5.74, 6) is 0.826. The minimum atomic E-state index is 0.254. The van der Waals surface area contributed by atoms with E-state index in [1.807, 2.05) is 0 Å². The first kappa shape index (κ1) is 17.2. The number of ether oxygens (including phenoxy) is 2. The zero-order chi connectivity index (χ0) is 14.6. The summed E-state index contributed by atoms with van der Waals surface area (Å²) in [4.78, 5) is 4.20. The highest BCUT2D eigenvalue weighted by Crippen LogP contribution is 2.20. The molecule has 5 heteroatoms. The van der Waals surface area contributed by atoms with E-state index in [-0.39, 0.29) is 6.04 Å². The first-order chi connectivity index (χ1) is 9.76. The summed E-state index contributed by atoms with van der Waals surface area (Å²) in [5, 5.41) is 6.58. The van der Waals surface area contributed by atoms with Crippen molar-refractivity contribution in [2.75, 3.05) is 33.9 Å². The van der Waals surface area contributed by atoms with Crippen molar-refractivity contribution in [3.8, 4) is 0 Å². The first-order valence-electron chi connectivity index (χ1n) is 7.84. The molecule has 0 amide bonds. The van der Waals surface area contributed by atoms with E-state index in [9.17, 15) is 0 Å². The highest BCUT2D eigenvalue weighted by Gasteiger charge is 2.13. The lowest BCUT2D eigenvalue weighted by atomic mass is 9.98. The van der Waals surface area contributed by atoms with Gasteiger partial charge < -0.3 is 20.1 Å². The number of hydrogen-bond donors (Lipinski definition) is 2. The molecule has 20 heavy (non-hydrogen) atoms. The predicted octanol–water partition coefficient (Wildman–Crippen LogP) is 1.93. The molecule has 2 N–H and O–H groups in total. The van der Waals surface area contributed by atoms with Crippen LogP contribution in [0.3, 0.4) is 0 Å². The fraction of sp³-hybridized carbons (Fsp3) is 0.933. The van der Waals surface area contributed by atoms with Crippen molar-refractivity contribution in [1.82, 2.24) is 10.6 Å². The lowest BCUT2D eigenvalue weighted by Gasteiger charge is -2.22. The van der Waals surface area contributed by atoms with Crippen LogP contribution in [0.5, 0.6) is 0 Å². The standard InChI is InChI=1S/C15H31N3O2/c1-13(12-19-3)18-15(16-2)17-10-7-11-20-14-8-5-4-6-9-14/h13-14H,4-12H2,1-3H3,(H2,16,17,18). The SMILES string of the molecule is CN=C(NCCCOC1CCCCC1)NC(C)COC. The van der Waals surface area contributed by atoms with E-state index >= 15 is 0 Å². The molecule has 5 nitrogen and oxygen atoms in total. The molecule has 118 valence electrons. The second kappa shape index (κ2) is 10.9. The second-order valence-corrected chi connectivity index (χ2v) is 5.48. The van der Waals surface area contributed by atoms with E-state index in [0.717, 1.165) is 25.5 Å². The van der Waals surface area contributed by atoms with Crippen LogP contribution in [0.1, 0.15) is 45.4 Å². The number of nitrogens with zero attached hydrogens (tertiary/aromatic N) is 1. The van der Waals surface area contributed by atoms with Gasteiger partial charge in [-0.1, -0.05) is 19.3 Å². The maximum Gasteiger partial charge on any atom is 0.191 e. The smallest absolute Gasteiger partial charge is 0.191 e. The van der Waals surface area contributed by atoms with Crippen molar-refractivity contribution < 1.29 is 9.47 Å². The summed E-state index contributed by atoms with van der Waals surface area (Å²) >= 11 is 0. The van der Waals surface area contributed by atoms with Crippen molar-refractivity contribution in [3.63, 3.8) is 0 Å². The van der Waals surface area contributed by atoms with Crippen LogP contribution in [-0.2, 0) is 9.47 Å². The third kappa shape index (κ3) is 7.70. The molecule has 0 aromatic carbocycles. The Hall–Kier alpha value is -0.810. The van der Waals surface area contributed by atoms with Gasteiger partial charge in [0.2, 0.25) is 0 Å². The topological polar surface area (TPSA) is 54.9 Å². The molecule has 0 spiro atoms. The maximum atomic E-state index is 5.90. The van der Waals surface area contributed by atoms with E-state index < -0.39 is 0 Å². The average molecular weight is 285 g/mol. The molecule has 0 aromatic heterocycles. The number of rotatable bonds is 8. The molecule has 0 aromatic rings. The van der Waals surface area contributed by atoms with Gasteiger partial charge >= 0.3 is 0 Å². The Morgan fingerprint density at radius 2 is 2.05 bits per heavy atom. The van der Waals surface area contributed by atoms with Gasteiger partial charge in [0.1, 0.15) is 0 Å². The van der Waals surface area contributed by atoms with Crippen LogP contribution in [0.25, 0.3) is 0 Å². The number of guanidine groups is 1. The molecule has 0 heterocycles. The minimum absolute atomic E-state index is 0.254. The molecule has 1 aliphatic carbocycles. The van der Waals surface area contributed by atoms with E-state index in [1.54, 1.807) is 14.2 Å². The monoisotopic (exact) mass is 285 g/mol. The molecule has 1 fully saturated rings. The predicted molar refractivity (Wildman–Crippen MR) is 83.3 cm³/mol. The van der Waals surface area contributed by atoms with Crippen LogP contribution in [-0.4, -0.2) is 52.0 Å². The normalized spacial score (nSPS) is 18.9. The van der Waals surface area contributed by atoms with Gasteiger partial charge in [-0.2, -0.15) is 0 Å². The highest BCUT2D eigenvalue weighted by atomic mass is 16.5. The summed E-state index contributed by atoms with van der Waals surface area (Å²) in [6.07, 6.45) is 8.03. The van der Waals surface area contributed by atoms with Crippen LogP contribution < -0.4 is 10.6 Å². The molecule has 0 saturated heterocycles. The van der Waals surface area contributed by atoms with Gasteiger partial charge in [-0.3, -0.25) is 4.99 Å². The molecule has 1 unspecified atom stereocenters. The van der Waals surface area contributed by atoms with Crippen molar-refractivity contribution in [1.29, 1.82) is 0 Å². The van der Waals surface area contributed by atoms with Crippen molar-refractivity contribution >= 4 is 5.96 Å². The Balaban J connectivity index is 2.03. The van der Waals surface area contributed by atoms with Gasteiger partial charge in [-0.15, -0.1) is 0 Å². The first-order valence-corrected chi connectivity index (χ1v) is 7.84. The van der Waals surface area contributed by atoms with Crippen LogP contribution in [0.4, 0.5) is 0 Å². The molecule has 1 saturated carbocycles. The fourth-order valence-corrected chi connectivity index (χ4v) is 2.48. The Labute approximate surface area is 123 Å². The Morgan fingerprint density at radius 1 is 1.30 bits per heavy atom. The highest BCUT2D eigenvalue weighted by molar-refractivity contribution is 5.79. The number of aliphatic imine (C=N–C) groups is 1. The molecule has 0 radical (unpaired) electrons. The Kier molecular flexibility index (Phi) is 9.41. The molecular formula is C15H31N3O2. The molecule has 0 aliphatic heterocycles. The Bertz CT molecular complexity index is 266. The Morgan fingerprint density at radius 3 is 2.70 bits per heavy atom.